The van der Waals surface area contributed by atoms with Crippen LogP contribution in [-0.2, 0) is 9.53 Å². The van der Waals surface area contributed by atoms with Crippen LogP contribution in [0.15, 0.2) is 18.3 Å². The van der Waals surface area contributed by atoms with Gasteiger partial charge in [-0.15, -0.1) is 0 Å². The van der Waals surface area contributed by atoms with Crippen LogP contribution < -0.4 is 9.80 Å². The maximum atomic E-state index is 12.0. The van der Waals surface area contributed by atoms with E-state index < -0.39 is 0 Å². The van der Waals surface area contributed by atoms with Crippen molar-refractivity contribution in [3.63, 3.8) is 0 Å². The van der Waals surface area contributed by atoms with E-state index in [0.29, 0.717) is 19.6 Å². The van der Waals surface area contributed by atoms with Crippen molar-refractivity contribution in [2.75, 3.05) is 44.2 Å². The molecule has 0 spiro atoms. The molecule has 0 atom stereocenters. The lowest BCUT2D eigenvalue weighted by atomic mass is 10.3. The summed E-state index contributed by atoms with van der Waals surface area (Å²) in [7, 11) is 5.58. The normalized spacial score (nSPS) is 10.2. The largest absolute Gasteiger partial charge is 0.381 e. The van der Waals surface area contributed by atoms with Gasteiger partial charge in [-0.25, -0.2) is 4.98 Å². The van der Waals surface area contributed by atoms with Crippen molar-refractivity contribution < 1.29 is 9.53 Å². The van der Waals surface area contributed by atoms with Gasteiger partial charge in [-0.3, -0.25) is 4.79 Å². The van der Waals surface area contributed by atoms with Gasteiger partial charge >= 0.3 is 0 Å². The van der Waals surface area contributed by atoms with Crippen LogP contribution in [0.1, 0.15) is 13.3 Å². The van der Waals surface area contributed by atoms with Crippen LogP contribution in [0.2, 0.25) is 0 Å². The van der Waals surface area contributed by atoms with Crippen molar-refractivity contribution in [2.45, 2.75) is 13.3 Å². The number of aromatic nitrogens is 1. The molecule has 18 heavy (non-hydrogen) atoms. The molecule has 0 saturated heterocycles. The van der Waals surface area contributed by atoms with E-state index in [9.17, 15) is 4.79 Å². The minimum atomic E-state index is 0.0274. The molecule has 100 valence electrons. The Balaban J connectivity index is 2.77. The predicted molar refractivity (Wildman–Crippen MR) is 73.1 cm³/mol. The van der Waals surface area contributed by atoms with E-state index in [4.69, 9.17) is 4.74 Å². The van der Waals surface area contributed by atoms with Crippen molar-refractivity contribution in [3.8, 4) is 0 Å². The molecule has 0 aliphatic carbocycles. The van der Waals surface area contributed by atoms with E-state index in [1.54, 1.807) is 18.1 Å². The molecule has 0 aliphatic rings. The molecule has 1 heterocycles. The number of carbonyl (C=O) groups is 1. The molecule has 1 rings (SSSR count). The topological polar surface area (TPSA) is 45.7 Å². The molecule has 1 amide bonds. The lowest BCUT2D eigenvalue weighted by Gasteiger charge is -2.23. The highest BCUT2D eigenvalue weighted by molar-refractivity contribution is 5.95. The molecule has 0 bridgehead atoms. The minimum Gasteiger partial charge on any atom is -0.381 e. The van der Waals surface area contributed by atoms with Crippen LogP contribution in [0.25, 0.3) is 0 Å². The third kappa shape index (κ3) is 3.70. The summed E-state index contributed by atoms with van der Waals surface area (Å²) in [5, 5.41) is 0. The Morgan fingerprint density at radius 1 is 1.39 bits per heavy atom. The first-order valence-electron chi connectivity index (χ1n) is 6.04. The summed E-state index contributed by atoms with van der Waals surface area (Å²) in [6.45, 7) is 3.00. The van der Waals surface area contributed by atoms with Crippen molar-refractivity contribution in [2.24, 2.45) is 0 Å². The first kappa shape index (κ1) is 14.4. The third-order valence-corrected chi connectivity index (χ3v) is 2.59. The molecule has 1 aromatic rings. The van der Waals surface area contributed by atoms with E-state index in [-0.39, 0.29) is 5.91 Å². The zero-order valence-electron chi connectivity index (χ0n) is 11.5. The summed E-state index contributed by atoms with van der Waals surface area (Å²) in [6, 6.07) is 3.72. The molecule has 0 aliphatic heterocycles. The fourth-order valence-corrected chi connectivity index (χ4v) is 1.60. The predicted octanol–water partition coefficient (Wildman–Crippen LogP) is 1.54. The van der Waals surface area contributed by atoms with Crippen molar-refractivity contribution >= 4 is 17.4 Å². The Labute approximate surface area is 108 Å². The third-order valence-electron chi connectivity index (χ3n) is 2.59. The molecular weight excluding hydrogens is 230 g/mol. The van der Waals surface area contributed by atoms with Gasteiger partial charge in [0.2, 0.25) is 5.91 Å². The number of pyridine rings is 1. The Hall–Kier alpha value is -1.62. The van der Waals surface area contributed by atoms with Crippen molar-refractivity contribution in [3.05, 3.63) is 18.3 Å². The summed E-state index contributed by atoms with van der Waals surface area (Å²) in [4.78, 5) is 19.8. The van der Waals surface area contributed by atoms with Crippen LogP contribution in [0.4, 0.5) is 11.5 Å². The van der Waals surface area contributed by atoms with E-state index in [0.717, 1.165) is 11.5 Å². The van der Waals surface area contributed by atoms with Gasteiger partial charge in [0.1, 0.15) is 0 Å². The summed E-state index contributed by atoms with van der Waals surface area (Å²) >= 11 is 0. The molecule has 0 fully saturated rings. The van der Waals surface area contributed by atoms with Crippen LogP contribution in [0.3, 0.4) is 0 Å². The van der Waals surface area contributed by atoms with Crippen LogP contribution in [0.5, 0.6) is 0 Å². The maximum absolute atomic E-state index is 12.0. The quantitative estimate of drug-likeness (QED) is 0.719. The van der Waals surface area contributed by atoms with Gasteiger partial charge in [0.25, 0.3) is 0 Å². The molecule has 5 heteroatoms. The standard InChI is InChI=1S/C13H21N3O2/c1-5-18-10-8-12(17)16(4)11-7-6-9-14-13(11)15(2)3/h6-7,9H,5,8,10H2,1-4H3. The lowest BCUT2D eigenvalue weighted by molar-refractivity contribution is -0.119. The second-order valence-electron chi connectivity index (χ2n) is 4.14. The highest BCUT2D eigenvalue weighted by Gasteiger charge is 2.15. The number of ether oxygens (including phenoxy) is 1. The number of nitrogens with zero attached hydrogens (tertiary/aromatic N) is 3. The van der Waals surface area contributed by atoms with Gasteiger partial charge in [0, 0.05) is 33.9 Å². The number of rotatable bonds is 6. The van der Waals surface area contributed by atoms with Gasteiger partial charge in [-0.2, -0.15) is 0 Å². The SMILES string of the molecule is CCOCCC(=O)N(C)c1cccnc1N(C)C. The van der Waals surface area contributed by atoms with Gasteiger partial charge in [0.05, 0.1) is 18.7 Å². The Kier molecular flexibility index (Phi) is 5.58. The van der Waals surface area contributed by atoms with E-state index in [1.165, 1.54) is 0 Å². The van der Waals surface area contributed by atoms with E-state index >= 15 is 0 Å². The number of carbonyl (C=O) groups excluding carboxylic acids is 1. The molecule has 0 radical (unpaired) electrons. The average molecular weight is 251 g/mol. The first-order valence-corrected chi connectivity index (χ1v) is 6.04. The zero-order valence-corrected chi connectivity index (χ0v) is 11.5. The Morgan fingerprint density at radius 2 is 2.11 bits per heavy atom. The van der Waals surface area contributed by atoms with Gasteiger partial charge in [-0.05, 0) is 19.1 Å². The number of anilines is 2. The molecule has 0 saturated carbocycles. The molecular formula is C13H21N3O2. The van der Waals surface area contributed by atoms with Crippen LogP contribution in [-0.4, -0.2) is 45.2 Å². The number of amides is 1. The highest BCUT2D eigenvalue weighted by atomic mass is 16.5. The van der Waals surface area contributed by atoms with Crippen LogP contribution in [0, 0.1) is 0 Å². The monoisotopic (exact) mass is 251 g/mol. The highest BCUT2D eigenvalue weighted by Crippen LogP contribution is 2.24. The van der Waals surface area contributed by atoms with Crippen LogP contribution >= 0.6 is 0 Å². The van der Waals surface area contributed by atoms with Crippen molar-refractivity contribution in [1.82, 2.24) is 4.98 Å². The Morgan fingerprint density at radius 3 is 2.72 bits per heavy atom. The Bertz CT molecular complexity index is 394. The second kappa shape index (κ2) is 6.96. The molecule has 1 aromatic heterocycles. The maximum Gasteiger partial charge on any atom is 0.229 e. The number of hydrogen-bond acceptors (Lipinski definition) is 4. The molecule has 0 N–H and O–H groups in total. The zero-order chi connectivity index (χ0) is 13.5. The summed E-state index contributed by atoms with van der Waals surface area (Å²) in [6.07, 6.45) is 2.10. The fourth-order valence-electron chi connectivity index (χ4n) is 1.60. The van der Waals surface area contributed by atoms with Crippen molar-refractivity contribution in [1.29, 1.82) is 0 Å². The van der Waals surface area contributed by atoms with Gasteiger partial charge in [-0.1, -0.05) is 0 Å². The molecule has 0 unspecified atom stereocenters. The minimum absolute atomic E-state index is 0.0274. The summed E-state index contributed by atoms with van der Waals surface area (Å²) < 4.78 is 5.19. The average Bonchev–Trinajstić information content (AvgIpc) is 2.38. The fraction of sp³-hybridized carbons (Fsp3) is 0.538. The van der Waals surface area contributed by atoms with E-state index in [2.05, 4.69) is 4.98 Å². The first-order chi connectivity index (χ1) is 8.57. The molecule has 0 aromatic carbocycles. The van der Waals surface area contributed by atoms with Gasteiger partial charge in [0.15, 0.2) is 5.82 Å². The number of hydrogen-bond donors (Lipinski definition) is 0. The smallest absolute Gasteiger partial charge is 0.229 e. The second-order valence-corrected chi connectivity index (χ2v) is 4.14. The lowest BCUT2D eigenvalue weighted by Crippen LogP contribution is -2.29. The summed E-state index contributed by atoms with van der Waals surface area (Å²) in [5.74, 6) is 0.810. The summed E-state index contributed by atoms with van der Waals surface area (Å²) in [5.41, 5.74) is 0.809. The van der Waals surface area contributed by atoms with Gasteiger partial charge < -0.3 is 14.5 Å². The van der Waals surface area contributed by atoms with E-state index in [1.807, 2.05) is 38.1 Å². The molecule has 5 nitrogen and oxygen atoms in total.